The molecule has 7 heteroatoms. The molecule has 1 aliphatic rings. The molecule has 3 rings (SSSR count). The Kier molecular flexibility index (Phi) is 7.06. The van der Waals surface area contributed by atoms with Crippen LogP contribution in [0.25, 0.3) is 0 Å². The number of rotatable bonds is 9. The van der Waals surface area contributed by atoms with Gasteiger partial charge in [0.15, 0.2) is 11.5 Å². The van der Waals surface area contributed by atoms with Crippen molar-refractivity contribution in [3.8, 4) is 11.5 Å². The number of nitrogens with zero attached hydrogens (tertiary/aromatic N) is 2. The van der Waals surface area contributed by atoms with Crippen molar-refractivity contribution in [1.82, 2.24) is 10.2 Å². The van der Waals surface area contributed by atoms with Crippen molar-refractivity contribution in [2.45, 2.75) is 26.3 Å². The van der Waals surface area contributed by atoms with Gasteiger partial charge in [-0.25, -0.2) is 0 Å². The lowest BCUT2D eigenvalue weighted by atomic mass is 9.89. The fourth-order valence-electron chi connectivity index (χ4n) is 3.78. The van der Waals surface area contributed by atoms with Crippen molar-refractivity contribution in [1.29, 1.82) is 0 Å². The van der Waals surface area contributed by atoms with Gasteiger partial charge < -0.3 is 19.7 Å². The highest BCUT2D eigenvalue weighted by Gasteiger charge is 2.25. The zero-order valence-electron chi connectivity index (χ0n) is 17.3. The highest BCUT2D eigenvalue weighted by atomic mass is 16.6. The van der Waals surface area contributed by atoms with Crippen LogP contribution in [0.5, 0.6) is 11.5 Å². The largest absolute Gasteiger partial charge is 0.493 e. The molecule has 1 aliphatic heterocycles. The van der Waals surface area contributed by atoms with Gasteiger partial charge in [-0.05, 0) is 48.3 Å². The fraction of sp³-hybridized carbons (Fsp3) is 0.455. The van der Waals surface area contributed by atoms with Gasteiger partial charge in [0.2, 0.25) is 0 Å². The Bertz CT molecular complexity index is 852. The van der Waals surface area contributed by atoms with E-state index in [0.717, 1.165) is 49.5 Å². The van der Waals surface area contributed by atoms with Gasteiger partial charge in [-0.2, -0.15) is 0 Å². The number of hydrogen-bond acceptors (Lipinski definition) is 6. The second-order valence-electron chi connectivity index (χ2n) is 7.07. The zero-order chi connectivity index (χ0) is 20.8. The Morgan fingerprint density at radius 2 is 2.00 bits per heavy atom. The van der Waals surface area contributed by atoms with E-state index in [1.54, 1.807) is 19.2 Å². The predicted molar refractivity (Wildman–Crippen MR) is 113 cm³/mol. The molecule has 2 aromatic carbocycles. The third kappa shape index (κ3) is 4.86. The Morgan fingerprint density at radius 3 is 2.69 bits per heavy atom. The van der Waals surface area contributed by atoms with Gasteiger partial charge in [-0.3, -0.25) is 10.1 Å². The average molecular weight is 399 g/mol. The molecule has 0 radical (unpaired) electrons. The summed E-state index contributed by atoms with van der Waals surface area (Å²) in [7, 11) is 1.65. The van der Waals surface area contributed by atoms with Crippen LogP contribution < -0.4 is 14.8 Å². The number of fused-ring (bicyclic) bond motifs is 1. The first-order valence-electron chi connectivity index (χ1n) is 10.1. The minimum atomic E-state index is -0.358. The molecule has 29 heavy (non-hydrogen) atoms. The van der Waals surface area contributed by atoms with Crippen molar-refractivity contribution in [3.05, 3.63) is 63.2 Å². The molecule has 0 fully saturated rings. The number of nitro benzene ring substituents is 1. The highest BCUT2D eigenvalue weighted by molar-refractivity contribution is 5.52. The Hall–Kier alpha value is -2.64. The van der Waals surface area contributed by atoms with E-state index in [9.17, 15) is 10.1 Å². The summed E-state index contributed by atoms with van der Waals surface area (Å²) in [6.45, 7) is 8.47. The van der Waals surface area contributed by atoms with Crippen LogP contribution >= 0.6 is 0 Å². The predicted octanol–water partition coefficient (Wildman–Crippen LogP) is 3.56. The summed E-state index contributed by atoms with van der Waals surface area (Å²) in [5, 5.41) is 14.7. The normalized spacial score (nSPS) is 15.8. The smallest absolute Gasteiger partial charge is 0.269 e. The van der Waals surface area contributed by atoms with Crippen LogP contribution in [0.1, 0.15) is 36.6 Å². The summed E-state index contributed by atoms with van der Waals surface area (Å²) in [6.07, 6.45) is 0.872. The Labute approximate surface area is 171 Å². The van der Waals surface area contributed by atoms with Crippen LogP contribution in [0.15, 0.2) is 36.4 Å². The van der Waals surface area contributed by atoms with Crippen LogP contribution in [-0.4, -0.2) is 49.7 Å². The summed E-state index contributed by atoms with van der Waals surface area (Å²) < 4.78 is 11.6. The number of hydrogen-bond donors (Lipinski definition) is 1. The SMILES string of the molecule is CCN(CC)CCOc1cc2c(cc1OC)CCNC2c1cccc([N+](=O)[O-])c1. The lowest BCUT2D eigenvalue weighted by Gasteiger charge is -2.29. The lowest BCUT2D eigenvalue weighted by molar-refractivity contribution is -0.384. The summed E-state index contributed by atoms with van der Waals surface area (Å²) >= 11 is 0. The van der Waals surface area contributed by atoms with Gasteiger partial charge in [0, 0.05) is 25.2 Å². The van der Waals surface area contributed by atoms with Gasteiger partial charge >= 0.3 is 0 Å². The van der Waals surface area contributed by atoms with Crippen molar-refractivity contribution < 1.29 is 14.4 Å². The molecule has 0 bridgehead atoms. The van der Waals surface area contributed by atoms with Crippen LogP contribution in [-0.2, 0) is 6.42 Å². The molecule has 0 aliphatic carbocycles. The molecule has 0 saturated heterocycles. The Morgan fingerprint density at radius 1 is 1.21 bits per heavy atom. The van der Waals surface area contributed by atoms with E-state index in [-0.39, 0.29) is 16.7 Å². The van der Waals surface area contributed by atoms with Crippen molar-refractivity contribution >= 4 is 5.69 Å². The molecule has 156 valence electrons. The second-order valence-corrected chi connectivity index (χ2v) is 7.07. The topological polar surface area (TPSA) is 76.9 Å². The maximum Gasteiger partial charge on any atom is 0.269 e. The first-order valence-corrected chi connectivity index (χ1v) is 10.1. The number of nitro groups is 1. The van der Waals surface area contributed by atoms with E-state index in [1.165, 1.54) is 11.6 Å². The molecule has 1 N–H and O–H groups in total. The van der Waals surface area contributed by atoms with Crippen LogP contribution in [0.3, 0.4) is 0 Å². The molecular formula is C22H29N3O4. The molecule has 0 amide bonds. The van der Waals surface area contributed by atoms with E-state index >= 15 is 0 Å². The van der Waals surface area contributed by atoms with Gasteiger partial charge in [0.05, 0.1) is 18.1 Å². The van der Waals surface area contributed by atoms with Crippen molar-refractivity contribution in [2.24, 2.45) is 0 Å². The van der Waals surface area contributed by atoms with E-state index in [4.69, 9.17) is 9.47 Å². The second kappa shape index (κ2) is 9.71. The molecule has 1 heterocycles. The summed E-state index contributed by atoms with van der Waals surface area (Å²) in [4.78, 5) is 13.1. The number of ether oxygens (including phenoxy) is 2. The number of non-ortho nitro benzene ring substituents is 1. The zero-order valence-corrected chi connectivity index (χ0v) is 17.3. The maximum absolute atomic E-state index is 11.2. The lowest BCUT2D eigenvalue weighted by Crippen LogP contribution is -2.31. The molecule has 2 aromatic rings. The molecular weight excluding hydrogens is 370 g/mol. The molecule has 0 aromatic heterocycles. The van der Waals surface area contributed by atoms with Gasteiger partial charge in [0.25, 0.3) is 5.69 Å². The summed E-state index contributed by atoms with van der Waals surface area (Å²) in [5.41, 5.74) is 3.23. The van der Waals surface area contributed by atoms with Gasteiger partial charge in [0.1, 0.15) is 6.61 Å². The average Bonchev–Trinajstić information content (AvgIpc) is 2.75. The first-order chi connectivity index (χ1) is 14.1. The highest BCUT2D eigenvalue weighted by Crippen LogP contribution is 2.38. The minimum Gasteiger partial charge on any atom is -0.493 e. The third-order valence-corrected chi connectivity index (χ3v) is 5.45. The van der Waals surface area contributed by atoms with Crippen molar-refractivity contribution in [3.63, 3.8) is 0 Å². The number of methoxy groups -OCH3 is 1. The monoisotopic (exact) mass is 399 g/mol. The molecule has 0 spiro atoms. The number of likely N-dealkylation sites (N-methyl/N-ethyl adjacent to an activating group) is 1. The third-order valence-electron chi connectivity index (χ3n) is 5.45. The standard InChI is InChI=1S/C22H29N3O4/c1-4-24(5-2)11-12-29-21-15-19-16(14-20(21)28-3)9-10-23-22(19)17-7-6-8-18(13-17)25(26)27/h6-8,13-15,22-23H,4-5,9-12H2,1-3H3. The van der Waals surface area contributed by atoms with E-state index in [2.05, 4.69) is 24.1 Å². The maximum atomic E-state index is 11.2. The number of nitrogens with one attached hydrogen (secondary N) is 1. The van der Waals surface area contributed by atoms with Gasteiger partial charge in [-0.1, -0.05) is 26.0 Å². The molecule has 7 nitrogen and oxygen atoms in total. The Balaban J connectivity index is 1.89. The quantitative estimate of drug-likeness (QED) is 0.513. The van der Waals surface area contributed by atoms with Crippen LogP contribution in [0.4, 0.5) is 5.69 Å². The fourth-order valence-corrected chi connectivity index (χ4v) is 3.78. The van der Waals surface area contributed by atoms with Crippen molar-refractivity contribution in [2.75, 3.05) is 39.9 Å². The number of benzene rings is 2. The molecule has 0 saturated carbocycles. The van der Waals surface area contributed by atoms with E-state index in [1.807, 2.05) is 18.2 Å². The molecule has 1 unspecified atom stereocenters. The minimum absolute atomic E-state index is 0.0978. The first kappa shape index (κ1) is 21.1. The van der Waals surface area contributed by atoms with Crippen LogP contribution in [0, 0.1) is 10.1 Å². The van der Waals surface area contributed by atoms with Crippen LogP contribution in [0.2, 0.25) is 0 Å². The van der Waals surface area contributed by atoms with E-state index in [0.29, 0.717) is 12.4 Å². The summed E-state index contributed by atoms with van der Waals surface area (Å²) in [5.74, 6) is 1.43. The van der Waals surface area contributed by atoms with E-state index < -0.39 is 0 Å². The van der Waals surface area contributed by atoms with Gasteiger partial charge in [-0.15, -0.1) is 0 Å². The summed E-state index contributed by atoms with van der Waals surface area (Å²) in [6, 6.07) is 10.7. The molecule has 1 atom stereocenters.